The summed E-state index contributed by atoms with van der Waals surface area (Å²) < 4.78 is 0. The smallest absolute Gasteiger partial charge is 0.0410 e. The summed E-state index contributed by atoms with van der Waals surface area (Å²) in [7, 11) is 0. The highest BCUT2D eigenvalue weighted by atomic mass is 35.5. The minimum atomic E-state index is 0.737. The highest BCUT2D eigenvalue weighted by molar-refractivity contribution is 7.98. The van der Waals surface area contributed by atoms with E-state index in [0.29, 0.717) is 0 Å². The van der Waals surface area contributed by atoms with Crippen LogP contribution in [0.5, 0.6) is 0 Å². The molecular formula is C15H16ClNS. The summed E-state index contributed by atoms with van der Waals surface area (Å²) in [6.45, 7) is 4.24. The van der Waals surface area contributed by atoms with Gasteiger partial charge in [-0.05, 0) is 49.2 Å². The fourth-order valence-corrected chi connectivity index (χ4v) is 3.04. The average Bonchev–Trinajstić information content (AvgIpc) is 2.34. The molecular weight excluding hydrogens is 262 g/mol. The fraction of sp³-hybridized carbons (Fsp3) is 0.200. The van der Waals surface area contributed by atoms with E-state index in [1.54, 1.807) is 11.8 Å². The summed E-state index contributed by atoms with van der Waals surface area (Å²) in [4.78, 5) is 1.30. The first-order chi connectivity index (χ1) is 8.56. The molecule has 18 heavy (non-hydrogen) atoms. The lowest BCUT2D eigenvalue weighted by atomic mass is 10.2. The number of rotatable bonds is 3. The molecule has 2 aromatic carbocycles. The Bertz CT molecular complexity index is 515. The van der Waals surface area contributed by atoms with Crippen LogP contribution in [-0.2, 0) is 5.75 Å². The number of hydrogen-bond donors (Lipinski definition) is 1. The van der Waals surface area contributed by atoms with Crippen LogP contribution in [0.25, 0.3) is 0 Å². The van der Waals surface area contributed by atoms with E-state index in [1.807, 2.05) is 18.2 Å². The van der Waals surface area contributed by atoms with Crippen molar-refractivity contribution in [2.45, 2.75) is 24.5 Å². The van der Waals surface area contributed by atoms with Crippen LogP contribution in [-0.4, -0.2) is 0 Å². The van der Waals surface area contributed by atoms with Crippen LogP contribution < -0.4 is 5.73 Å². The van der Waals surface area contributed by atoms with E-state index in [2.05, 4.69) is 32.0 Å². The minimum Gasteiger partial charge on any atom is -0.398 e. The number of aryl methyl sites for hydroxylation is 2. The van der Waals surface area contributed by atoms with Crippen molar-refractivity contribution in [1.82, 2.24) is 0 Å². The van der Waals surface area contributed by atoms with E-state index in [4.69, 9.17) is 17.3 Å². The Morgan fingerprint density at radius 1 is 1.11 bits per heavy atom. The van der Waals surface area contributed by atoms with Gasteiger partial charge in [0.15, 0.2) is 0 Å². The highest BCUT2D eigenvalue weighted by Crippen LogP contribution is 2.29. The maximum absolute atomic E-state index is 5.99. The molecule has 0 radical (unpaired) electrons. The quantitative estimate of drug-likeness (QED) is 0.642. The molecule has 0 bridgehead atoms. The van der Waals surface area contributed by atoms with Crippen molar-refractivity contribution in [2.75, 3.05) is 5.73 Å². The second-order valence-electron chi connectivity index (χ2n) is 4.40. The number of benzene rings is 2. The molecule has 0 aromatic heterocycles. The molecule has 0 aliphatic carbocycles. The Morgan fingerprint density at radius 2 is 1.89 bits per heavy atom. The summed E-state index contributed by atoms with van der Waals surface area (Å²) in [5.74, 6) is 0.844. The number of hydrogen-bond acceptors (Lipinski definition) is 2. The summed E-state index contributed by atoms with van der Waals surface area (Å²) in [5, 5.41) is 0.737. The average molecular weight is 278 g/mol. The number of nitrogen functional groups attached to an aromatic ring is 1. The van der Waals surface area contributed by atoms with E-state index in [0.717, 1.165) is 22.0 Å². The van der Waals surface area contributed by atoms with E-state index in [-0.39, 0.29) is 0 Å². The zero-order chi connectivity index (χ0) is 13.1. The Morgan fingerprint density at radius 3 is 2.67 bits per heavy atom. The molecule has 0 heterocycles. The minimum absolute atomic E-state index is 0.737. The van der Waals surface area contributed by atoms with Crippen molar-refractivity contribution in [1.29, 1.82) is 0 Å². The van der Waals surface area contributed by atoms with Crippen LogP contribution in [0, 0.1) is 13.8 Å². The van der Waals surface area contributed by atoms with Crippen molar-refractivity contribution < 1.29 is 0 Å². The van der Waals surface area contributed by atoms with Crippen LogP contribution in [0.1, 0.15) is 16.7 Å². The lowest BCUT2D eigenvalue weighted by Gasteiger charge is -2.09. The predicted molar refractivity (Wildman–Crippen MR) is 81.3 cm³/mol. The number of thioether (sulfide) groups is 1. The van der Waals surface area contributed by atoms with Gasteiger partial charge in [0.2, 0.25) is 0 Å². The Kier molecular flexibility index (Phi) is 4.20. The van der Waals surface area contributed by atoms with Crippen molar-refractivity contribution in [3.8, 4) is 0 Å². The lowest BCUT2D eigenvalue weighted by Crippen LogP contribution is -1.92. The molecule has 0 spiro atoms. The van der Waals surface area contributed by atoms with Crippen LogP contribution in [0.3, 0.4) is 0 Å². The highest BCUT2D eigenvalue weighted by Gasteiger charge is 2.04. The zero-order valence-electron chi connectivity index (χ0n) is 10.5. The third-order valence-electron chi connectivity index (χ3n) is 2.83. The summed E-state index contributed by atoms with van der Waals surface area (Å²) in [6, 6.07) is 12.1. The van der Waals surface area contributed by atoms with Gasteiger partial charge in [0.25, 0.3) is 0 Å². The molecule has 0 saturated carbocycles. The molecule has 0 atom stereocenters. The lowest BCUT2D eigenvalue weighted by molar-refractivity contribution is 1.25. The largest absolute Gasteiger partial charge is 0.398 e. The molecule has 94 valence electrons. The van der Waals surface area contributed by atoms with Gasteiger partial charge in [-0.3, -0.25) is 0 Å². The summed E-state index contributed by atoms with van der Waals surface area (Å²) >= 11 is 7.79. The van der Waals surface area contributed by atoms with Crippen LogP contribution in [0.15, 0.2) is 41.3 Å². The number of nitrogens with two attached hydrogens (primary N) is 1. The SMILES string of the molecule is Cc1ccc(C)c(SCc2cc(Cl)ccc2N)c1. The van der Waals surface area contributed by atoms with E-state index >= 15 is 0 Å². The third kappa shape index (κ3) is 3.21. The standard InChI is InChI=1S/C15H16ClNS/c1-10-3-4-11(2)15(7-10)18-9-12-8-13(16)5-6-14(12)17/h3-8H,9,17H2,1-2H3. The third-order valence-corrected chi connectivity index (χ3v) is 4.27. The van der Waals surface area contributed by atoms with Gasteiger partial charge in [0.1, 0.15) is 0 Å². The predicted octanol–water partition coefficient (Wildman–Crippen LogP) is 4.83. The van der Waals surface area contributed by atoms with E-state index < -0.39 is 0 Å². The molecule has 0 aliphatic heterocycles. The second kappa shape index (κ2) is 5.68. The molecule has 0 saturated heterocycles. The van der Waals surface area contributed by atoms with Crippen molar-refractivity contribution in [2.24, 2.45) is 0 Å². The first-order valence-electron chi connectivity index (χ1n) is 5.80. The van der Waals surface area contributed by atoms with E-state index in [1.165, 1.54) is 16.0 Å². The molecule has 0 aliphatic rings. The van der Waals surface area contributed by atoms with Crippen LogP contribution in [0.4, 0.5) is 5.69 Å². The van der Waals surface area contributed by atoms with Gasteiger partial charge in [0.05, 0.1) is 0 Å². The van der Waals surface area contributed by atoms with Crippen molar-refractivity contribution in [3.63, 3.8) is 0 Å². The molecule has 0 fully saturated rings. The molecule has 3 heteroatoms. The molecule has 1 nitrogen and oxygen atoms in total. The maximum atomic E-state index is 5.99. The van der Waals surface area contributed by atoms with Gasteiger partial charge < -0.3 is 5.73 Å². The normalized spacial score (nSPS) is 10.6. The monoisotopic (exact) mass is 277 g/mol. The first kappa shape index (κ1) is 13.3. The van der Waals surface area contributed by atoms with Crippen molar-refractivity contribution >= 4 is 29.1 Å². The zero-order valence-corrected chi connectivity index (χ0v) is 12.1. The number of halogens is 1. The van der Waals surface area contributed by atoms with Gasteiger partial charge in [-0.1, -0.05) is 29.3 Å². The van der Waals surface area contributed by atoms with Crippen LogP contribution in [0.2, 0.25) is 5.02 Å². The van der Waals surface area contributed by atoms with Gasteiger partial charge in [-0.15, -0.1) is 11.8 Å². The van der Waals surface area contributed by atoms with Crippen LogP contribution >= 0.6 is 23.4 Å². The maximum Gasteiger partial charge on any atom is 0.0410 e. The van der Waals surface area contributed by atoms with E-state index in [9.17, 15) is 0 Å². The van der Waals surface area contributed by atoms with Gasteiger partial charge >= 0.3 is 0 Å². The Balaban J connectivity index is 2.16. The Labute approximate surface area is 117 Å². The molecule has 2 N–H and O–H groups in total. The number of anilines is 1. The summed E-state index contributed by atoms with van der Waals surface area (Å²) in [5.41, 5.74) is 10.4. The van der Waals surface area contributed by atoms with Gasteiger partial charge in [0, 0.05) is 21.4 Å². The first-order valence-corrected chi connectivity index (χ1v) is 7.16. The summed E-state index contributed by atoms with van der Waals surface area (Å²) in [6.07, 6.45) is 0. The van der Waals surface area contributed by atoms with Gasteiger partial charge in [-0.25, -0.2) is 0 Å². The van der Waals surface area contributed by atoms with Gasteiger partial charge in [-0.2, -0.15) is 0 Å². The van der Waals surface area contributed by atoms with Crippen molar-refractivity contribution in [3.05, 3.63) is 58.1 Å². The molecule has 0 unspecified atom stereocenters. The fourth-order valence-electron chi connectivity index (χ4n) is 1.72. The molecule has 2 rings (SSSR count). The molecule has 0 amide bonds. The second-order valence-corrected chi connectivity index (χ2v) is 5.85. The topological polar surface area (TPSA) is 26.0 Å². The Hall–Kier alpha value is -1.12. The molecule has 2 aromatic rings.